The Morgan fingerprint density at radius 3 is 2.52 bits per heavy atom. The molecule has 1 heterocycles. The molecule has 0 aliphatic carbocycles. The van der Waals surface area contributed by atoms with Gasteiger partial charge >= 0.3 is 0 Å². The van der Waals surface area contributed by atoms with Crippen molar-refractivity contribution < 1.29 is 0 Å². The van der Waals surface area contributed by atoms with Crippen molar-refractivity contribution in [1.29, 1.82) is 0 Å². The van der Waals surface area contributed by atoms with Gasteiger partial charge in [0.2, 0.25) is 5.95 Å². The van der Waals surface area contributed by atoms with E-state index in [1.54, 1.807) is 0 Å². The van der Waals surface area contributed by atoms with Gasteiger partial charge in [0.25, 0.3) is 0 Å². The Kier molecular flexibility index (Phi) is 6.39. The van der Waals surface area contributed by atoms with Gasteiger partial charge in [0, 0.05) is 31.3 Å². The molecule has 2 aromatic rings. The molecule has 124 valence electrons. The minimum absolute atomic E-state index is 0.391. The average Bonchev–Trinajstić information content (AvgIpc) is 2.60. The Morgan fingerprint density at radius 1 is 1.13 bits per heavy atom. The van der Waals surface area contributed by atoms with Crippen LogP contribution in [0, 0.1) is 0 Å². The number of benzene rings is 1. The fourth-order valence-corrected chi connectivity index (χ4v) is 2.29. The summed E-state index contributed by atoms with van der Waals surface area (Å²) in [5, 5.41) is 3.48. The average molecular weight is 312 g/mol. The molecule has 0 radical (unpaired) electrons. The molecule has 1 aromatic carbocycles. The molecular formula is C19H28N4. The Bertz CT molecular complexity index is 598. The maximum Gasteiger partial charge on any atom is 0.227 e. The van der Waals surface area contributed by atoms with Gasteiger partial charge in [0.05, 0.1) is 5.69 Å². The van der Waals surface area contributed by atoms with Crippen LogP contribution in [-0.4, -0.2) is 29.6 Å². The Morgan fingerprint density at radius 2 is 1.87 bits per heavy atom. The van der Waals surface area contributed by atoms with Crippen LogP contribution < -0.4 is 10.2 Å². The van der Waals surface area contributed by atoms with E-state index in [0.29, 0.717) is 6.04 Å². The Balaban J connectivity index is 2.35. The first-order chi connectivity index (χ1) is 11.1. The second kappa shape index (κ2) is 8.51. The molecule has 2 rings (SSSR count). The summed E-state index contributed by atoms with van der Waals surface area (Å²) < 4.78 is 0. The van der Waals surface area contributed by atoms with Gasteiger partial charge in [0.1, 0.15) is 5.82 Å². The minimum atomic E-state index is 0.391. The molecule has 0 spiro atoms. The lowest BCUT2D eigenvalue weighted by atomic mass is 10.1. The van der Waals surface area contributed by atoms with Crippen LogP contribution in [0.25, 0.3) is 11.3 Å². The van der Waals surface area contributed by atoms with Crippen molar-refractivity contribution in [3.8, 4) is 11.3 Å². The number of nitrogens with one attached hydrogen (secondary N) is 1. The highest BCUT2D eigenvalue weighted by Crippen LogP contribution is 2.23. The van der Waals surface area contributed by atoms with E-state index in [1.165, 1.54) is 6.42 Å². The number of anilines is 2. The standard InChI is InChI=1S/C19H28N4/c1-5-7-13-23(4)19-21-17(16-11-9-8-10-12-16)14-18(22-19)20-15(3)6-2/h8-12,14-15H,5-7,13H2,1-4H3,(H,20,21,22). The number of hydrogen-bond acceptors (Lipinski definition) is 4. The summed E-state index contributed by atoms with van der Waals surface area (Å²) in [6.45, 7) is 7.51. The summed E-state index contributed by atoms with van der Waals surface area (Å²) in [7, 11) is 2.06. The second-order valence-electron chi connectivity index (χ2n) is 6.03. The van der Waals surface area contributed by atoms with E-state index in [9.17, 15) is 0 Å². The highest BCUT2D eigenvalue weighted by molar-refractivity contribution is 5.64. The predicted molar refractivity (Wildman–Crippen MR) is 99.0 cm³/mol. The van der Waals surface area contributed by atoms with Gasteiger partial charge in [-0.2, -0.15) is 4.98 Å². The SMILES string of the molecule is CCCCN(C)c1nc(NC(C)CC)cc(-c2ccccc2)n1. The molecule has 0 amide bonds. The van der Waals surface area contributed by atoms with E-state index < -0.39 is 0 Å². The molecular weight excluding hydrogens is 284 g/mol. The zero-order valence-electron chi connectivity index (χ0n) is 14.7. The largest absolute Gasteiger partial charge is 0.367 e. The van der Waals surface area contributed by atoms with Crippen LogP contribution in [-0.2, 0) is 0 Å². The molecule has 1 unspecified atom stereocenters. The van der Waals surface area contributed by atoms with E-state index in [-0.39, 0.29) is 0 Å². The third-order valence-corrected chi connectivity index (χ3v) is 3.98. The summed E-state index contributed by atoms with van der Waals surface area (Å²) in [5.74, 6) is 1.68. The molecule has 4 heteroatoms. The molecule has 1 aromatic heterocycles. The predicted octanol–water partition coefficient (Wildman–Crippen LogP) is 4.59. The highest BCUT2D eigenvalue weighted by Gasteiger charge is 2.11. The van der Waals surface area contributed by atoms with Crippen molar-refractivity contribution in [2.45, 2.75) is 46.1 Å². The van der Waals surface area contributed by atoms with Gasteiger partial charge in [-0.15, -0.1) is 0 Å². The van der Waals surface area contributed by atoms with E-state index in [4.69, 9.17) is 9.97 Å². The lowest BCUT2D eigenvalue weighted by molar-refractivity contribution is 0.742. The lowest BCUT2D eigenvalue weighted by Crippen LogP contribution is -2.22. The normalized spacial score (nSPS) is 12.0. The van der Waals surface area contributed by atoms with E-state index in [0.717, 1.165) is 42.4 Å². The fourth-order valence-electron chi connectivity index (χ4n) is 2.29. The molecule has 0 aliphatic heterocycles. The zero-order chi connectivity index (χ0) is 16.7. The molecule has 0 fully saturated rings. The van der Waals surface area contributed by atoms with Crippen LogP contribution in [0.2, 0.25) is 0 Å². The quantitative estimate of drug-likeness (QED) is 0.774. The molecule has 0 saturated heterocycles. The van der Waals surface area contributed by atoms with Crippen molar-refractivity contribution in [1.82, 2.24) is 9.97 Å². The smallest absolute Gasteiger partial charge is 0.227 e. The van der Waals surface area contributed by atoms with Crippen LogP contribution in [0.15, 0.2) is 36.4 Å². The van der Waals surface area contributed by atoms with Gasteiger partial charge in [-0.1, -0.05) is 50.6 Å². The Hall–Kier alpha value is -2.10. The summed E-state index contributed by atoms with van der Waals surface area (Å²) in [5.41, 5.74) is 2.08. The van der Waals surface area contributed by atoms with Crippen LogP contribution in [0.3, 0.4) is 0 Å². The first-order valence-electron chi connectivity index (χ1n) is 8.56. The van der Waals surface area contributed by atoms with Crippen LogP contribution in [0.4, 0.5) is 11.8 Å². The lowest BCUT2D eigenvalue weighted by Gasteiger charge is -2.20. The monoisotopic (exact) mass is 312 g/mol. The summed E-state index contributed by atoms with van der Waals surface area (Å²) in [6.07, 6.45) is 3.37. The molecule has 0 saturated carbocycles. The van der Waals surface area contributed by atoms with E-state index in [2.05, 4.69) is 50.2 Å². The molecule has 1 N–H and O–H groups in total. The van der Waals surface area contributed by atoms with Crippen LogP contribution in [0.1, 0.15) is 40.0 Å². The summed E-state index contributed by atoms with van der Waals surface area (Å²) >= 11 is 0. The van der Waals surface area contributed by atoms with E-state index in [1.807, 2.05) is 24.3 Å². The highest BCUT2D eigenvalue weighted by atomic mass is 15.2. The minimum Gasteiger partial charge on any atom is -0.367 e. The van der Waals surface area contributed by atoms with Gasteiger partial charge in [-0.05, 0) is 19.8 Å². The van der Waals surface area contributed by atoms with Crippen LogP contribution >= 0.6 is 0 Å². The number of nitrogens with zero attached hydrogens (tertiary/aromatic N) is 3. The maximum atomic E-state index is 4.76. The first-order valence-corrected chi connectivity index (χ1v) is 8.56. The van der Waals surface area contributed by atoms with Crippen LogP contribution in [0.5, 0.6) is 0 Å². The molecule has 0 bridgehead atoms. The number of hydrogen-bond donors (Lipinski definition) is 1. The molecule has 0 aliphatic rings. The third kappa shape index (κ3) is 4.95. The molecule has 1 atom stereocenters. The van der Waals surface area contributed by atoms with Crippen molar-refractivity contribution in [2.75, 3.05) is 23.8 Å². The number of rotatable bonds is 8. The fraction of sp³-hybridized carbons (Fsp3) is 0.474. The third-order valence-electron chi connectivity index (χ3n) is 3.98. The zero-order valence-corrected chi connectivity index (χ0v) is 14.7. The number of unbranched alkanes of at least 4 members (excludes halogenated alkanes) is 1. The summed E-state index contributed by atoms with van der Waals surface area (Å²) in [6, 6.07) is 12.7. The molecule has 4 nitrogen and oxygen atoms in total. The van der Waals surface area contributed by atoms with Gasteiger partial charge in [-0.3, -0.25) is 0 Å². The summed E-state index contributed by atoms with van der Waals surface area (Å²) in [4.78, 5) is 11.6. The van der Waals surface area contributed by atoms with E-state index >= 15 is 0 Å². The maximum absolute atomic E-state index is 4.76. The van der Waals surface area contributed by atoms with Gasteiger partial charge in [-0.25, -0.2) is 4.98 Å². The van der Waals surface area contributed by atoms with Gasteiger partial charge in [0.15, 0.2) is 0 Å². The van der Waals surface area contributed by atoms with Crippen molar-refractivity contribution in [3.63, 3.8) is 0 Å². The number of aromatic nitrogens is 2. The van der Waals surface area contributed by atoms with Crippen molar-refractivity contribution in [3.05, 3.63) is 36.4 Å². The van der Waals surface area contributed by atoms with Gasteiger partial charge < -0.3 is 10.2 Å². The molecule has 23 heavy (non-hydrogen) atoms. The Labute approximate surface area is 140 Å². The van der Waals surface area contributed by atoms with Crippen molar-refractivity contribution in [2.24, 2.45) is 0 Å². The topological polar surface area (TPSA) is 41.1 Å². The first kappa shape index (κ1) is 17.3. The van der Waals surface area contributed by atoms with Crippen molar-refractivity contribution >= 4 is 11.8 Å². The second-order valence-corrected chi connectivity index (χ2v) is 6.03.